The number of ether oxygens (including phenoxy) is 1. The molecule has 0 aromatic carbocycles. The molecule has 0 spiro atoms. The second kappa shape index (κ2) is 4.19. The highest BCUT2D eigenvalue weighted by atomic mass is 79.9. The largest absolute Gasteiger partial charge is 0.478 e. The van der Waals surface area contributed by atoms with Crippen molar-refractivity contribution in [2.24, 2.45) is 0 Å². The maximum absolute atomic E-state index is 11.1. The number of esters is 1. The summed E-state index contributed by atoms with van der Waals surface area (Å²) in [7, 11) is 1.22. The Bertz CT molecular complexity index is 391. The molecule has 0 saturated heterocycles. The molecule has 14 heavy (non-hydrogen) atoms. The van der Waals surface area contributed by atoms with Crippen LogP contribution < -0.4 is 0 Å². The molecule has 1 aromatic rings. The van der Waals surface area contributed by atoms with Crippen LogP contribution in [0.4, 0.5) is 0 Å². The summed E-state index contributed by atoms with van der Waals surface area (Å²) >= 11 is 3.03. The van der Waals surface area contributed by atoms with Gasteiger partial charge >= 0.3 is 11.9 Å². The van der Waals surface area contributed by atoms with Gasteiger partial charge in [0.05, 0.1) is 17.1 Å². The first-order valence-electron chi connectivity index (χ1n) is 3.53. The fraction of sp³-hybridized carbons (Fsp3) is 0.125. The molecule has 1 aromatic heterocycles. The number of hydrogen-bond donors (Lipinski definition) is 1. The van der Waals surface area contributed by atoms with Crippen LogP contribution in [0.15, 0.2) is 16.7 Å². The quantitative estimate of drug-likeness (QED) is 0.811. The third kappa shape index (κ3) is 2.08. The molecule has 0 fully saturated rings. The number of nitrogens with zero attached hydrogens (tertiary/aromatic N) is 1. The summed E-state index contributed by atoms with van der Waals surface area (Å²) in [6, 6.07) is 1.29. The van der Waals surface area contributed by atoms with Crippen molar-refractivity contribution < 1.29 is 19.4 Å². The number of methoxy groups -OCH3 is 1. The van der Waals surface area contributed by atoms with Gasteiger partial charge in [-0.2, -0.15) is 0 Å². The molecule has 6 heteroatoms. The minimum atomic E-state index is -1.10. The Kier molecular flexibility index (Phi) is 3.19. The van der Waals surface area contributed by atoms with Gasteiger partial charge in [0, 0.05) is 6.20 Å². The van der Waals surface area contributed by atoms with Gasteiger partial charge in [0.1, 0.15) is 0 Å². The number of carbonyl (C=O) groups excluding carboxylic acids is 1. The summed E-state index contributed by atoms with van der Waals surface area (Å²) in [4.78, 5) is 25.2. The Labute approximate surface area is 87.8 Å². The number of rotatable bonds is 2. The Balaban J connectivity index is 3.14. The number of carboxylic acids is 1. The molecule has 0 bridgehead atoms. The smallest absolute Gasteiger partial charge is 0.357 e. The molecular formula is C8H6BrNO4. The molecule has 5 nitrogen and oxygen atoms in total. The van der Waals surface area contributed by atoms with Gasteiger partial charge in [-0.05, 0) is 22.0 Å². The molecule has 1 rings (SSSR count). The summed E-state index contributed by atoms with van der Waals surface area (Å²) < 4.78 is 4.73. The van der Waals surface area contributed by atoms with Crippen LogP contribution in [-0.4, -0.2) is 29.1 Å². The first kappa shape index (κ1) is 10.6. The van der Waals surface area contributed by atoms with Gasteiger partial charge in [-0.25, -0.2) is 14.6 Å². The predicted octanol–water partition coefficient (Wildman–Crippen LogP) is 1.33. The Morgan fingerprint density at radius 1 is 1.57 bits per heavy atom. The third-order valence-corrected chi connectivity index (χ3v) is 2.07. The lowest BCUT2D eigenvalue weighted by atomic mass is 10.2. The van der Waals surface area contributed by atoms with Crippen LogP contribution in [0, 0.1) is 0 Å². The summed E-state index contributed by atoms with van der Waals surface area (Å²) in [5, 5.41) is 8.62. The Morgan fingerprint density at radius 2 is 2.21 bits per heavy atom. The highest BCUT2D eigenvalue weighted by Gasteiger charge is 2.14. The van der Waals surface area contributed by atoms with E-state index in [1.54, 1.807) is 0 Å². The van der Waals surface area contributed by atoms with E-state index >= 15 is 0 Å². The molecular weight excluding hydrogens is 254 g/mol. The lowest BCUT2D eigenvalue weighted by molar-refractivity contribution is 0.0590. The molecule has 0 aliphatic rings. The van der Waals surface area contributed by atoms with E-state index in [1.165, 1.54) is 13.2 Å². The standard InChI is InChI=1S/C8H6BrNO4/c1-14-8(13)6-5(9)2-4(3-10-6)7(11)12/h2-3H,1H3,(H,11,12). The van der Waals surface area contributed by atoms with Crippen molar-refractivity contribution in [2.45, 2.75) is 0 Å². The number of pyridine rings is 1. The van der Waals surface area contributed by atoms with E-state index in [2.05, 4.69) is 25.7 Å². The number of aromatic nitrogens is 1. The van der Waals surface area contributed by atoms with Crippen molar-refractivity contribution in [3.8, 4) is 0 Å². The fourth-order valence-corrected chi connectivity index (χ4v) is 1.31. The van der Waals surface area contributed by atoms with Crippen LogP contribution in [0.3, 0.4) is 0 Å². The van der Waals surface area contributed by atoms with E-state index in [0.717, 1.165) is 6.20 Å². The van der Waals surface area contributed by atoms with Gasteiger partial charge in [0.25, 0.3) is 0 Å². The van der Waals surface area contributed by atoms with Crippen molar-refractivity contribution in [3.63, 3.8) is 0 Å². The summed E-state index contributed by atoms with van der Waals surface area (Å²) in [5.74, 6) is -1.72. The molecule has 0 unspecified atom stereocenters. The molecule has 0 radical (unpaired) electrons. The van der Waals surface area contributed by atoms with E-state index in [1.807, 2.05) is 0 Å². The zero-order chi connectivity index (χ0) is 10.7. The van der Waals surface area contributed by atoms with E-state index in [-0.39, 0.29) is 11.3 Å². The van der Waals surface area contributed by atoms with Crippen molar-refractivity contribution >= 4 is 27.9 Å². The van der Waals surface area contributed by atoms with E-state index < -0.39 is 11.9 Å². The zero-order valence-corrected chi connectivity index (χ0v) is 8.74. The van der Waals surface area contributed by atoms with Gasteiger partial charge in [0.2, 0.25) is 0 Å². The van der Waals surface area contributed by atoms with Gasteiger partial charge in [-0.3, -0.25) is 0 Å². The summed E-state index contributed by atoms with van der Waals surface area (Å²) in [6.45, 7) is 0. The Morgan fingerprint density at radius 3 is 2.64 bits per heavy atom. The van der Waals surface area contributed by atoms with Crippen molar-refractivity contribution in [1.29, 1.82) is 0 Å². The summed E-state index contributed by atoms with van der Waals surface area (Å²) in [5.41, 5.74) is 0.0574. The van der Waals surface area contributed by atoms with Crippen LogP contribution >= 0.6 is 15.9 Å². The van der Waals surface area contributed by atoms with Gasteiger partial charge in [-0.1, -0.05) is 0 Å². The van der Waals surface area contributed by atoms with Crippen LogP contribution in [-0.2, 0) is 4.74 Å². The molecule has 0 aliphatic carbocycles. The maximum Gasteiger partial charge on any atom is 0.357 e. The predicted molar refractivity (Wildman–Crippen MR) is 50.2 cm³/mol. The lowest BCUT2D eigenvalue weighted by Gasteiger charge is -2.01. The van der Waals surface area contributed by atoms with E-state index in [4.69, 9.17) is 5.11 Å². The van der Waals surface area contributed by atoms with Gasteiger partial charge in [0.15, 0.2) is 5.69 Å². The average Bonchev–Trinajstić information content (AvgIpc) is 2.16. The van der Waals surface area contributed by atoms with Gasteiger partial charge in [-0.15, -0.1) is 0 Å². The lowest BCUT2D eigenvalue weighted by Crippen LogP contribution is -2.07. The molecule has 1 heterocycles. The molecule has 0 atom stereocenters. The van der Waals surface area contributed by atoms with Crippen LogP contribution in [0.2, 0.25) is 0 Å². The first-order valence-corrected chi connectivity index (χ1v) is 4.32. The van der Waals surface area contributed by atoms with Crippen molar-refractivity contribution in [1.82, 2.24) is 4.98 Å². The van der Waals surface area contributed by atoms with Crippen LogP contribution in [0.25, 0.3) is 0 Å². The molecule has 1 N–H and O–H groups in total. The number of carboxylic acid groups (broad SMARTS) is 1. The Hall–Kier alpha value is -1.43. The van der Waals surface area contributed by atoms with Gasteiger partial charge < -0.3 is 9.84 Å². The van der Waals surface area contributed by atoms with E-state index in [9.17, 15) is 9.59 Å². The topological polar surface area (TPSA) is 76.5 Å². The number of hydrogen-bond acceptors (Lipinski definition) is 4. The molecule has 0 saturated carbocycles. The number of halogens is 1. The van der Waals surface area contributed by atoms with E-state index in [0.29, 0.717) is 4.47 Å². The highest BCUT2D eigenvalue weighted by molar-refractivity contribution is 9.10. The monoisotopic (exact) mass is 259 g/mol. The second-order valence-corrected chi connectivity index (χ2v) is 3.21. The normalized spacial score (nSPS) is 9.57. The van der Waals surface area contributed by atoms with Crippen LogP contribution in [0.5, 0.6) is 0 Å². The zero-order valence-electron chi connectivity index (χ0n) is 7.15. The first-order chi connectivity index (χ1) is 6.56. The SMILES string of the molecule is COC(=O)c1ncc(C(=O)O)cc1Br. The minimum Gasteiger partial charge on any atom is -0.478 e. The fourth-order valence-electron chi connectivity index (χ4n) is 0.802. The minimum absolute atomic E-state index is 0.00419. The second-order valence-electron chi connectivity index (χ2n) is 2.35. The van der Waals surface area contributed by atoms with Crippen molar-refractivity contribution in [3.05, 3.63) is 28.0 Å². The maximum atomic E-state index is 11.1. The molecule has 0 amide bonds. The highest BCUT2D eigenvalue weighted by Crippen LogP contribution is 2.16. The van der Waals surface area contributed by atoms with Crippen molar-refractivity contribution in [2.75, 3.05) is 7.11 Å². The number of carbonyl (C=O) groups is 2. The third-order valence-electron chi connectivity index (χ3n) is 1.47. The number of aromatic carboxylic acids is 1. The van der Waals surface area contributed by atoms with Crippen LogP contribution in [0.1, 0.15) is 20.8 Å². The molecule has 0 aliphatic heterocycles. The summed E-state index contributed by atoms with van der Waals surface area (Å²) in [6.07, 6.45) is 1.10. The average molecular weight is 260 g/mol. The molecule has 74 valence electrons.